The summed E-state index contributed by atoms with van der Waals surface area (Å²) in [7, 11) is 0. The zero-order chi connectivity index (χ0) is 14.1. The lowest BCUT2D eigenvalue weighted by atomic mass is 10.2. The van der Waals surface area contributed by atoms with Crippen LogP contribution in [0.1, 0.15) is 5.56 Å². The summed E-state index contributed by atoms with van der Waals surface area (Å²) in [6, 6.07) is 5.43. The maximum atomic E-state index is 5.83. The number of nitrogens with two attached hydrogens (primary N) is 1. The van der Waals surface area contributed by atoms with Crippen LogP contribution in [0.2, 0.25) is 0 Å². The summed E-state index contributed by atoms with van der Waals surface area (Å²) in [4.78, 5) is 12.6. The first kappa shape index (κ1) is 12.7. The molecule has 0 saturated carbocycles. The van der Waals surface area contributed by atoms with Crippen molar-refractivity contribution >= 4 is 21.6 Å². The smallest absolute Gasteiger partial charge is 0.258 e. The highest BCUT2D eigenvalue weighted by Crippen LogP contribution is 2.26. The number of aryl methyl sites for hydroxylation is 1. The topological polar surface area (TPSA) is 90.7 Å². The van der Waals surface area contributed by atoms with E-state index in [1.807, 2.05) is 19.1 Å². The molecule has 2 N–H and O–H groups in total. The quantitative estimate of drug-likeness (QED) is 0.726. The first-order valence-corrected chi connectivity index (χ1v) is 6.61. The monoisotopic (exact) mass is 331 g/mol. The molecule has 0 aliphatic rings. The zero-order valence-electron chi connectivity index (χ0n) is 10.5. The van der Waals surface area contributed by atoms with Gasteiger partial charge in [-0.15, -0.1) is 0 Å². The Balaban J connectivity index is 1.97. The molecule has 2 aromatic heterocycles. The maximum absolute atomic E-state index is 5.83. The summed E-state index contributed by atoms with van der Waals surface area (Å²) < 4.78 is 6.04. The van der Waals surface area contributed by atoms with E-state index in [9.17, 15) is 0 Å². The van der Waals surface area contributed by atoms with Gasteiger partial charge < -0.3 is 10.3 Å². The Bertz CT molecular complexity index is 754. The molecule has 0 fully saturated rings. The summed E-state index contributed by atoms with van der Waals surface area (Å²) in [5, 5.41) is 3.88. The van der Waals surface area contributed by atoms with E-state index in [4.69, 9.17) is 10.3 Å². The third kappa shape index (κ3) is 2.39. The Kier molecular flexibility index (Phi) is 3.19. The third-order valence-corrected chi connectivity index (χ3v) is 3.37. The molecule has 1 aromatic carbocycles. The number of anilines is 1. The molecule has 2 heterocycles. The van der Waals surface area contributed by atoms with Gasteiger partial charge in [-0.25, -0.2) is 9.97 Å². The van der Waals surface area contributed by atoms with Crippen LogP contribution in [-0.4, -0.2) is 20.1 Å². The Morgan fingerprint density at radius 1 is 1.15 bits per heavy atom. The summed E-state index contributed by atoms with van der Waals surface area (Å²) >= 11 is 3.34. The Hall–Kier alpha value is -2.28. The van der Waals surface area contributed by atoms with Gasteiger partial charge in [0.15, 0.2) is 0 Å². The number of nitrogens with zero attached hydrogens (tertiary/aromatic N) is 4. The van der Waals surface area contributed by atoms with Gasteiger partial charge in [-0.2, -0.15) is 4.98 Å². The SMILES string of the molecule is Cc1cnc(-c2noc(-c3ccc(Br)c(N)c3)n2)nc1. The van der Waals surface area contributed by atoms with Gasteiger partial charge in [-0.05, 0) is 46.6 Å². The largest absolute Gasteiger partial charge is 0.398 e. The molecule has 0 atom stereocenters. The molecule has 0 saturated heterocycles. The van der Waals surface area contributed by atoms with Gasteiger partial charge in [0, 0.05) is 28.1 Å². The second-order valence-corrected chi connectivity index (χ2v) is 5.10. The number of aromatic nitrogens is 4. The molecule has 3 rings (SSSR count). The van der Waals surface area contributed by atoms with Crippen LogP contribution in [0, 0.1) is 6.92 Å². The predicted octanol–water partition coefficient (Wildman–Crippen LogP) is 2.85. The molecule has 0 amide bonds. The Morgan fingerprint density at radius 2 is 1.90 bits per heavy atom. The first-order chi connectivity index (χ1) is 9.63. The van der Waals surface area contributed by atoms with E-state index in [0.29, 0.717) is 23.2 Å². The van der Waals surface area contributed by atoms with Crippen molar-refractivity contribution in [1.29, 1.82) is 0 Å². The molecule has 0 spiro atoms. The highest BCUT2D eigenvalue weighted by molar-refractivity contribution is 9.10. The summed E-state index contributed by atoms with van der Waals surface area (Å²) in [5.74, 6) is 1.15. The normalized spacial score (nSPS) is 10.7. The van der Waals surface area contributed by atoms with Gasteiger partial charge in [0.2, 0.25) is 11.6 Å². The second-order valence-electron chi connectivity index (χ2n) is 4.24. The highest BCUT2D eigenvalue weighted by atomic mass is 79.9. The summed E-state index contributed by atoms with van der Waals surface area (Å²) in [6.45, 7) is 1.91. The lowest BCUT2D eigenvalue weighted by Gasteiger charge is -1.99. The van der Waals surface area contributed by atoms with Gasteiger partial charge in [0.05, 0.1) is 0 Å². The Morgan fingerprint density at radius 3 is 2.60 bits per heavy atom. The van der Waals surface area contributed by atoms with E-state index < -0.39 is 0 Å². The molecule has 3 aromatic rings. The van der Waals surface area contributed by atoms with Gasteiger partial charge in [0.25, 0.3) is 5.89 Å². The first-order valence-electron chi connectivity index (χ1n) is 5.81. The number of rotatable bonds is 2. The Labute approximate surface area is 123 Å². The van der Waals surface area contributed by atoms with Crippen molar-refractivity contribution in [3.63, 3.8) is 0 Å². The minimum absolute atomic E-state index is 0.349. The van der Waals surface area contributed by atoms with Crippen LogP contribution in [0.25, 0.3) is 23.1 Å². The molecule has 0 radical (unpaired) electrons. The van der Waals surface area contributed by atoms with Crippen LogP contribution in [0.5, 0.6) is 0 Å². The van der Waals surface area contributed by atoms with Crippen LogP contribution in [-0.2, 0) is 0 Å². The van der Waals surface area contributed by atoms with Crippen molar-refractivity contribution in [2.24, 2.45) is 0 Å². The lowest BCUT2D eigenvalue weighted by Crippen LogP contribution is -1.91. The van der Waals surface area contributed by atoms with Crippen molar-refractivity contribution in [2.45, 2.75) is 6.92 Å². The van der Waals surface area contributed by atoms with Crippen LogP contribution in [0.15, 0.2) is 39.6 Å². The average Bonchev–Trinajstić information content (AvgIpc) is 2.92. The number of hydrogen-bond donors (Lipinski definition) is 1. The standard InChI is InChI=1S/C13H10BrN5O/c1-7-5-16-11(17-6-7)12-18-13(20-19-12)8-2-3-9(14)10(15)4-8/h2-6H,15H2,1H3. The van der Waals surface area contributed by atoms with E-state index >= 15 is 0 Å². The molecule has 0 aliphatic heterocycles. The van der Waals surface area contributed by atoms with E-state index in [1.54, 1.807) is 18.5 Å². The maximum Gasteiger partial charge on any atom is 0.258 e. The van der Waals surface area contributed by atoms with E-state index in [0.717, 1.165) is 15.6 Å². The number of benzene rings is 1. The number of halogens is 1. The van der Waals surface area contributed by atoms with Crippen molar-refractivity contribution in [2.75, 3.05) is 5.73 Å². The van der Waals surface area contributed by atoms with Gasteiger partial charge in [0.1, 0.15) is 0 Å². The van der Waals surface area contributed by atoms with E-state index in [-0.39, 0.29) is 0 Å². The van der Waals surface area contributed by atoms with Gasteiger partial charge in [-0.3, -0.25) is 0 Å². The molecule has 0 aliphatic carbocycles. The van der Waals surface area contributed by atoms with Crippen LogP contribution >= 0.6 is 15.9 Å². The van der Waals surface area contributed by atoms with Crippen molar-refractivity contribution in [3.8, 4) is 23.1 Å². The fourth-order valence-corrected chi connectivity index (χ4v) is 1.86. The van der Waals surface area contributed by atoms with Crippen molar-refractivity contribution in [1.82, 2.24) is 20.1 Å². The summed E-state index contributed by atoms with van der Waals surface area (Å²) in [6.07, 6.45) is 3.41. The predicted molar refractivity (Wildman–Crippen MR) is 77.6 cm³/mol. The van der Waals surface area contributed by atoms with Gasteiger partial charge in [-0.1, -0.05) is 5.16 Å². The molecule has 100 valence electrons. The minimum atomic E-state index is 0.349. The molecular formula is C13H10BrN5O. The molecule has 6 nitrogen and oxygen atoms in total. The number of hydrogen-bond acceptors (Lipinski definition) is 6. The molecular weight excluding hydrogens is 322 g/mol. The summed E-state index contributed by atoms with van der Waals surface area (Å²) in [5.41, 5.74) is 8.15. The fraction of sp³-hybridized carbons (Fsp3) is 0.0769. The third-order valence-electron chi connectivity index (χ3n) is 2.65. The van der Waals surface area contributed by atoms with E-state index in [2.05, 4.69) is 36.0 Å². The highest BCUT2D eigenvalue weighted by Gasteiger charge is 2.13. The number of nitrogen functional groups attached to an aromatic ring is 1. The van der Waals surface area contributed by atoms with Crippen LogP contribution in [0.3, 0.4) is 0 Å². The molecule has 0 bridgehead atoms. The van der Waals surface area contributed by atoms with E-state index in [1.165, 1.54) is 0 Å². The molecule has 20 heavy (non-hydrogen) atoms. The van der Waals surface area contributed by atoms with Crippen molar-refractivity contribution in [3.05, 3.63) is 40.6 Å². The second kappa shape index (κ2) is 5.01. The van der Waals surface area contributed by atoms with Gasteiger partial charge >= 0.3 is 0 Å². The van der Waals surface area contributed by atoms with Crippen molar-refractivity contribution < 1.29 is 4.52 Å². The zero-order valence-corrected chi connectivity index (χ0v) is 12.1. The fourth-order valence-electron chi connectivity index (χ4n) is 1.62. The van der Waals surface area contributed by atoms with Crippen LogP contribution < -0.4 is 5.73 Å². The van der Waals surface area contributed by atoms with Crippen LogP contribution in [0.4, 0.5) is 5.69 Å². The average molecular weight is 332 g/mol. The lowest BCUT2D eigenvalue weighted by molar-refractivity contribution is 0.432. The molecule has 0 unspecified atom stereocenters. The molecule has 7 heteroatoms. The minimum Gasteiger partial charge on any atom is -0.398 e.